The summed E-state index contributed by atoms with van der Waals surface area (Å²) in [7, 11) is 0. The van der Waals surface area contributed by atoms with Gasteiger partial charge in [-0.3, -0.25) is 0 Å². The second kappa shape index (κ2) is 4.01. The average Bonchev–Trinajstić information content (AvgIpc) is 2.21. The second-order valence-electron chi connectivity index (χ2n) is 7.16. The summed E-state index contributed by atoms with van der Waals surface area (Å²) in [5.41, 5.74) is 0. The van der Waals surface area contributed by atoms with Gasteiger partial charge >= 0.3 is 0 Å². The van der Waals surface area contributed by atoms with Crippen molar-refractivity contribution in [3.63, 3.8) is 0 Å². The molecule has 0 aliphatic heterocycles. The fraction of sp³-hybridized carbons (Fsp3) is 1.00. The van der Waals surface area contributed by atoms with E-state index in [0.29, 0.717) is 6.04 Å². The molecule has 1 nitrogen and oxygen atoms in total. The minimum atomic E-state index is 0.697. The highest BCUT2D eigenvalue weighted by atomic mass is 15.0. The van der Waals surface area contributed by atoms with Gasteiger partial charge in [-0.05, 0) is 68.6 Å². The highest BCUT2D eigenvalue weighted by Gasteiger charge is 2.48. The first-order chi connectivity index (χ1) is 7.63. The molecule has 4 fully saturated rings. The van der Waals surface area contributed by atoms with Crippen LogP contribution in [0.25, 0.3) is 0 Å². The molecule has 4 aliphatic rings. The van der Waals surface area contributed by atoms with Gasteiger partial charge in [0, 0.05) is 12.1 Å². The van der Waals surface area contributed by atoms with E-state index in [2.05, 4.69) is 26.1 Å². The van der Waals surface area contributed by atoms with Crippen molar-refractivity contribution in [2.24, 2.45) is 29.6 Å². The Morgan fingerprint density at radius 1 is 0.812 bits per heavy atom. The van der Waals surface area contributed by atoms with Gasteiger partial charge in [0.2, 0.25) is 0 Å². The van der Waals surface area contributed by atoms with Crippen LogP contribution in [-0.4, -0.2) is 12.1 Å². The lowest BCUT2D eigenvalue weighted by Crippen LogP contribution is -2.57. The van der Waals surface area contributed by atoms with Crippen LogP contribution in [0.15, 0.2) is 0 Å². The van der Waals surface area contributed by atoms with Gasteiger partial charge in [-0.25, -0.2) is 0 Å². The van der Waals surface area contributed by atoms with E-state index in [4.69, 9.17) is 0 Å². The number of hydrogen-bond donors (Lipinski definition) is 1. The van der Waals surface area contributed by atoms with Gasteiger partial charge in [-0.2, -0.15) is 0 Å². The minimum Gasteiger partial charge on any atom is -0.311 e. The monoisotopic (exact) mass is 221 g/mol. The zero-order valence-corrected chi connectivity index (χ0v) is 11.1. The lowest BCUT2D eigenvalue weighted by atomic mass is 9.54. The molecule has 1 heteroatoms. The van der Waals surface area contributed by atoms with Gasteiger partial charge in [0.25, 0.3) is 0 Å². The molecule has 0 heterocycles. The molecule has 1 N–H and O–H groups in total. The predicted molar refractivity (Wildman–Crippen MR) is 68.3 cm³/mol. The quantitative estimate of drug-likeness (QED) is 0.770. The Morgan fingerprint density at radius 3 is 1.75 bits per heavy atom. The summed E-state index contributed by atoms with van der Waals surface area (Å²) in [4.78, 5) is 0. The topological polar surface area (TPSA) is 12.0 Å². The van der Waals surface area contributed by atoms with Crippen molar-refractivity contribution in [1.82, 2.24) is 5.32 Å². The van der Waals surface area contributed by atoms with Crippen molar-refractivity contribution in [1.29, 1.82) is 0 Å². The maximum Gasteiger partial charge on any atom is 0.0127 e. The van der Waals surface area contributed by atoms with Gasteiger partial charge in [0.15, 0.2) is 0 Å². The largest absolute Gasteiger partial charge is 0.311 e. The van der Waals surface area contributed by atoms with Crippen LogP contribution in [0.5, 0.6) is 0 Å². The SMILES string of the molecule is CC(C)C(C)NC1C2CC3CC(C2)CC1C3. The number of nitrogens with one attached hydrogen (secondary N) is 1. The lowest BCUT2D eigenvalue weighted by Gasteiger charge is -2.55. The number of rotatable bonds is 3. The van der Waals surface area contributed by atoms with Crippen molar-refractivity contribution in [3.8, 4) is 0 Å². The highest BCUT2D eigenvalue weighted by Crippen LogP contribution is 2.53. The third-order valence-electron chi connectivity index (χ3n) is 5.68. The van der Waals surface area contributed by atoms with E-state index in [-0.39, 0.29) is 0 Å². The van der Waals surface area contributed by atoms with Gasteiger partial charge in [-0.1, -0.05) is 13.8 Å². The fourth-order valence-corrected chi connectivity index (χ4v) is 4.69. The average molecular weight is 221 g/mol. The first kappa shape index (κ1) is 11.1. The Morgan fingerprint density at radius 2 is 1.31 bits per heavy atom. The first-order valence-corrected chi connectivity index (χ1v) is 7.39. The molecule has 92 valence electrons. The van der Waals surface area contributed by atoms with Gasteiger partial charge in [-0.15, -0.1) is 0 Å². The molecule has 4 rings (SSSR count). The Hall–Kier alpha value is -0.0400. The maximum absolute atomic E-state index is 3.96. The fourth-order valence-electron chi connectivity index (χ4n) is 4.69. The summed E-state index contributed by atoms with van der Waals surface area (Å²) >= 11 is 0. The lowest BCUT2D eigenvalue weighted by molar-refractivity contribution is -0.0187. The molecule has 0 saturated heterocycles. The molecule has 4 aliphatic carbocycles. The number of hydrogen-bond acceptors (Lipinski definition) is 1. The van der Waals surface area contributed by atoms with Crippen molar-refractivity contribution in [2.45, 2.75) is 65.0 Å². The Labute approximate surface area is 100 Å². The van der Waals surface area contributed by atoms with Gasteiger partial charge in [0.05, 0.1) is 0 Å². The Bertz CT molecular complexity index is 230. The summed E-state index contributed by atoms with van der Waals surface area (Å²) in [6, 6.07) is 1.56. The molecule has 0 spiro atoms. The molecule has 0 aromatic heterocycles. The van der Waals surface area contributed by atoms with Crippen molar-refractivity contribution in [2.75, 3.05) is 0 Å². The Balaban J connectivity index is 1.67. The van der Waals surface area contributed by atoms with Gasteiger partial charge in [0.1, 0.15) is 0 Å². The predicted octanol–water partition coefficient (Wildman–Crippen LogP) is 3.45. The zero-order chi connectivity index (χ0) is 11.3. The molecule has 0 amide bonds. The maximum atomic E-state index is 3.96. The first-order valence-electron chi connectivity index (χ1n) is 7.39. The van der Waals surface area contributed by atoms with Crippen LogP contribution in [-0.2, 0) is 0 Å². The summed E-state index contributed by atoms with van der Waals surface area (Å²) in [5.74, 6) is 5.04. The van der Waals surface area contributed by atoms with Crippen LogP contribution in [0.1, 0.15) is 52.9 Å². The standard InChI is InChI=1S/C15H27N/c1-9(2)10(3)16-15-13-5-11-4-12(7-13)8-14(15)6-11/h9-16H,4-8H2,1-3H3. The summed E-state index contributed by atoms with van der Waals surface area (Å²) in [5, 5.41) is 3.96. The van der Waals surface area contributed by atoms with Crippen LogP contribution < -0.4 is 5.32 Å². The van der Waals surface area contributed by atoms with Crippen LogP contribution in [0.2, 0.25) is 0 Å². The van der Waals surface area contributed by atoms with Gasteiger partial charge < -0.3 is 5.32 Å². The smallest absolute Gasteiger partial charge is 0.0127 e. The van der Waals surface area contributed by atoms with Crippen LogP contribution in [0.4, 0.5) is 0 Å². The molecule has 16 heavy (non-hydrogen) atoms. The summed E-state index contributed by atoms with van der Waals surface area (Å²) in [6.45, 7) is 7.05. The molecule has 0 radical (unpaired) electrons. The molecule has 0 aromatic rings. The van der Waals surface area contributed by atoms with E-state index in [1.54, 1.807) is 6.42 Å². The second-order valence-corrected chi connectivity index (χ2v) is 7.16. The van der Waals surface area contributed by atoms with E-state index in [9.17, 15) is 0 Å². The van der Waals surface area contributed by atoms with Crippen molar-refractivity contribution >= 4 is 0 Å². The minimum absolute atomic E-state index is 0.697. The van der Waals surface area contributed by atoms with Crippen LogP contribution >= 0.6 is 0 Å². The molecule has 4 bridgehead atoms. The molecule has 4 saturated carbocycles. The molecule has 1 unspecified atom stereocenters. The van der Waals surface area contributed by atoms with E-state index < -0.39 is 0 Å². The van der Waals surface area contributed by atoms with Crippen LogP contribution in [0, 0.1) is 29.6 Å². The third-order valence-corrected chi connectivity index (χ3v) is 5.68. The molecule has 1 atom stereocenters. The highest BCUT2D eigenvalue weighted by molar-refractivity contribution is 5.01. The van der Waals surface area contributed by atoms with E-state index in [1.807, 2.05) is 0 Å². The third kappa shape index (κ3) is 1.81. The Kier molecular flexibility index (Phi) is 2.78. The van der Waals surface area contributed by atoms with E-state index in [0.717, 1.165) is 35.6 Å². The van der Waals surface area contributed by atoms with E-state index in [1.165, 1.54) is 25.7 Å². The van der Waals surface area contributed by atoms with E-state index >= 15 is 0 Å². The molecular formula is C15H27N. The van der Waals surface area contributed by atoms with Crippen molar-refractivity contribution in [3.05, 3.63) is 0 Å². The molecule has 0 aromatic carbocycles. The van der Waals surface area contributed by atoms with Crippen LogP contribution in [0.3, 0.4) is 0 Å². The normalized spacial score (nSPS) is 47.6. The zero-order valence-electron chi connectivity index (χ0n) is 11.1. The summed E-state index contributed by atoms with van der Waals surface area (Å²) < 4.78 is 0. The molecular weight excluding hydrogens is 194 g/mol. The van der Waals surface area contributed by atoms with Crippen molar-refractivity contribution < 1.29 is 0 Å². The summed E-state index contributed by atoms with van der Waals surface area (Å²) in [6.07, 6.45) is 7.72.